The second kappa shape index (κ2) is 4.55. The predicted molar refractivity (Wildman–Crippen MR) is 96.0 cm³/mol. The molecule has 4 nitrogen and oxygen atoms in total. The van der Waals surface area contributed by atoms with Crippen LogP contribution in [-0.2, 0) is 9.53 Å². The van der Waals surface area contributed by atoms with Crippen LogP contribution in [0.1, 0.15) is 72.6 Å². The van der Waals surface area contributed by atoms with E-state index in [1.54, 1.807) is 0 Å². The van der Waals surface area contributed by atoms with Crippen molar-refractivity contribution in [2.75, 3.05) is 0 Å². The van der Waals surface area contributed by atoms with Crippen LogP contribution < -0.4 is 0 Å². The van der Waals surface area contributed by atoms with Gasteiger partial charge in [-0.15, -0.1) is 0 Å². The van der Waals surface area contributed by atoms with Crippen molar-refractivity contribution in [1.29, 1.82) is 5.26 Å². The molecule has 4 saturated carbocycles. The Morgan fingerprint density at radius 1 is 1.04 bits per heavy atom. The van der Waals surface area contributed by atoms with Crippen LogP contribution in [0.15, 0.2) is 0 Å². The summed E-state index contributed by atoms with van der Waals surface area (Å²) in [6.07, 6.45) is 6.80. The van der Waals surface area contributed by atoms with Crippen LogP contribution in [0.2, 0.25) is 0 Å². The Morgan fingerprint density at radius 2 is 1.69 bits per heavy atom. The lowest BCUT2D eigenvalue weighted by Crippen LogP contribution is -2.62. The average Bonchev–Trinajstić information content (AvgIpc) is 3.14. The Balaban J connectivity index is 1.55. The van der Waals surface area contributed by atoms with Gasteiger partial charge in [-0.1, -0.05) is 13.8 Å². The number of carbonyl (C=O) groups excluding carboxylic acids is 1. The molecule has 0 amide bonds. The third-order valence-electron chi connectivity index (χ3n) is 10.2. The van der Waals surface area contributed by atoms with Crippen molar-refractivity contribution >= 4 is 5.78 Å². The van der Waals surface area contributed by atoms with Gasteiger partial charge in [-0.05, 0) is 82.0 Å². The highest BCUT2D eigenvalue weighted by molar-refractivity contribution is 5.96. The molecule has 0 aromatic carbocycles. The lowest BCUT2D eigenvalue weighted by molar-refractivity contribution is -0.153. The SMILES string of the molecule is C[C@]1(O)CC[C@H]2[C@@H]3CC[C@@]45O[C@]4(C)C(=O)[C@H](C#N)C[C@]5(C)[C@H]3CC[C@@]21C. The summed E-state index contributed by atoms with van der Waals surface area (Å²) in [5.41, 5.74) is -1.76. The Kier molecular flexibility index (Phi) is 3.01. The van der Waals surface area contributed by atoms with E-state index in [4.69, 9.17) is 4.74 Å². The molecule has 0 aromatic heterocycles. The number of carbonyl (C=O) groups is 1. The number of Topliss-reactive ketones (excluding diaryl/α,β-unsaturated/α-hetero) is 1. The molecule has 4 aliphatic carbocycles. The zero-order valence-corrected chi connectivity index (χ0v) is 16.5. The van der Waals surface area contributed by atoms with Gasteiger partial charge in [-0.25, -0.2) is 0 Å². The molecular weight excluding hydrogens is 326 g/mol. The van der Waals surface area contributed by atoms with Crippen LogP contribution in [0, 0.1) is 45.8 Å². The topological polar surface area (TPSA) is 73.6 Å². The van der Waals surface area contributed by atoms with Crippen LogP contribution in [0.25, 0.3) is 0 Å². The number of nitriles is 1. The maximum absolute atomic E-state index is 12.8. The Labute approximate surface area is 156 Å². The molecule has 0 unspecified atom stereocenters. The van der Waals surface area contributed by atoms with E-state index in [9.17, 15) is 15.2 Å². The summed E-state index contributed by atoms with van der Waals surface area (Å²) in [6, 6.07) is 2.28. The fourth-order valence-electron chi connectivity index (χ4n) is 8.47. The first-order valence-electron chi connectivity index (χ1n) is 10.4. The highest BCUT2D eigenvalue weighted by Crippen LogP contribution is 2.76. The first-order valence-corrected chi connectivity index (χ1v) is 10.4. The molecule has 1 N–H and O–H groups in total. The molecule has 0 radical (unpaired) electrons. The average molecular weight is 357 g/mol. The van der Waals surface area contributed by atoms with Gasteiger partial charge in [0.15, 0.2) is 11.4 Å². The monoisotopic (exact) mass is 357 g/mol. The molecule has 0 bridgehead atoms. The molecule has 5 rings (SSSR count). The third kappa shape index (κ3) is 1.55. The fourth-order valence-corrected chi connectivity index (χ4v) is 8.47. The van der Waals surface area contributed by atoms with Crippen LogP contribution in [0.3, 0.4) is 0 Å². The van der Waals surface area contributed by atoms with Gasteiger partial charge in [0.05, 0.1) is 11.7 Å². The smallest absolute Gasteiger partial charge is 0.184 e. The summed E-state index contributed by atoms with van der Waals surface area (Å²) >= 11 is 0. The number of aliphatic hydroxyl groups is 1. The van der Waals surface area contributed by atoms with Crippen LogP contribution >= 0.6 is 0 Å². The van der Waals surface area contributed by atoms with E-state index in [1.165, 1.54) is 0 Å². The van der Waals surface area contributed by atoms with Crippen molar-refractivity contribution in [2.45, 2.75) is 89.4 Å². The zero-order valence-electron chi connectivity index (χ0n) is 16.5. The van der Waals surface area contributed by atoms with Gasteiger partial charge in [0, 0.05) is 5.41 Å². The van der Waals surface area contributed by atoms with E-state index in [2.05, 4.69) is 19.9 Å². The highest BCUT2D eigenvalue weighted by Gasteiger charge is 2.84. The Bertz CT molecular complexity index is 740. The molecule has 5 aliphatic rings. The van der Waals surface area contributed by atoms with E-state index < -0.39 is 17.1 Å². The predicted octanol–water partition coefficient (Wildman–Crippen LogP) is 3.62. The number of nitrogens with zero attached hydrogens (tertiary/aromatic N) is 1. The van der Waals surface area contributed by atoms with Gasteiger partial charge in [0.1, 0.15) is 11.5 Å². The summed E-state index contributed by atoms with van der Waals surface area (Å²) < 4.78 is 6.28. The molecule has 5 fully saturated rings. The van der Waals surface area contributed by atoms with Gasteiger partial charge in [-0.2, -0.15) is 5.26 Å². The summed E-state index contributed by atoms with van der Waals surface area (Å²) in [7, 11) is 0. The molecule has 0 aromatic rings. The van der Waals surface area contributed by atoms with Crippen molar-refractivity contribution in [3.05, 3.63) is 0 Å². The molecule has 26 heavy (non-hydrogen) atoms. The second-order valence-electron chi connectivity index (χ2n) is 10.8. The molecule has 1 spiro atoms. The number of fused-ring (bicyclic) bond motifs is 4. The van der Waals surface area contributed by atoms with Crippen molar-refractivity contribution < 1.29 is 14.6 Å². The highest BCUT2D eigenvalue weighted by atomic mass is 16.6. The Morgan fingerprint density at radius 3 is 2.38 bits per heavy atom. The van der Waals surface area contributed by atoms with Crippen molar-refractivity contribution in [3.8, 4) is 6.07 Å². The molecule has 142 valence electrons. The van der Waals surface area contributed by atoms with E-state index in [1.807, 2.05) is 13.8 Å². The number of hydrogen-bond donors (Lipinski definition) is 1. The van der Waals surface area contributed by atoms with Crippen molar-refractivity contribution in [3.63, 3.8) is 0 Å². The quantitative estimate of drug-likeness (QED) is 0.672. The minimum absolute atomic E-state index is 0.00184. The summed E-state index contributed by atoms with van der Waals surface area (Å²) in [5.74, 6) is 1.11. The van der Waals surface area contributed by atoms with E-state index in [-0.39, 0.29) is 22.2 Å². The molecular formula is C22H31NO3. The van der Waals surface area contributed by atoms with E-state index in [0.29, 0.717) is 24.2 Å². The molecule has 9 atom stereocenters. The number of hydrogen-bond acceptors (Lipinski definition) is 4. The molecule has 4 heteroatoms. The largest absolute Gasteiger partial charge is 0.390 e. The molecule has 1 aliphatic heterocycles. The first kappa shape index (κ1) is 17.2. The van der Waals surface area contributed by atoms with Crippen LogP contribution in [-0.4, -0.2) is 27.7 Å². The maximum Gasteiger partial charge on any atom is 0.184 e. The summed E-state index contributed by atoms with van der Waals surface area (Å²) in [4.78, 5) is 12.8. The molecule has 1 heterocycles. The van der Waals surface area contributed by atoms with Crippen LogP contribution in [0.4, 0.5) is 0 Å². The summed E-state index contributed by atoms with van der Waals surface area (Å²) in [6.45, 7) is 8.57. The summed E-state index contributed by atoms with van der Waals surface area (Å²) in [5, 5.41) is 20.6. The van der Waals surface area contributed by atoms with Crippen molar-refractivity contribution in [1.82, 2.24) is 0 Å². The first-order chi connectivity index (χ1) is 12.1. The van der Waals surface area contributed by atoms with Gasteiger partial charge >= 0.3 is 0 Å². The Hall–Kier alpha value is -0.920. The number of rotatable bonds is 0. The number of epoxide rings is 1. The second-order valence-corrected chi connectivity index (χ2v) is 10.8. The number of ether oxygens (including phenoxy) is 1. The number of ketones is 1. The minimum atomic E-state index is -0.743. The lowest BCUT2D eigenvalue weighted by atomic mass is 9.42. The van der Waals surface area contributed by atoms with Gasteiger partial charge < -0.3 is 9.84 Å². The van der Waals surface area contributed by atoms with E-state index >= 15 is 0 Å². The standard InChI is InChI=1S/C22H31NO3/c1-18-8-6-16-14(15(18)7-9-20(18,3)25)5-10-22-19(16,2)11-13(12-23)17(24)21(22,4)26-22/h13-16,25H,5-11H2,1-4H3/t13-,14-,15-,16-,18-,19+,20-,21+,22-/m0/s1. The van der Waals surface area contributed by atoms with Crippen LogP contribution in [0.5, 0.6) is 0 Å². The fraction of sp³-hybridized carbons (Fsp3) is 0.909. The lowest BCUT2D eigenvalue weighted by Gasteiger charge is -2.60. The third-order valence-corrected chi connectivity index (χ3v) is 10.2. The van der Waals surface area contributed by atoms with Gasteiger partial charge in [-0.3, -0.25) is 4.79 Å². The maximum atomic E-state index is 12.8. The molecule has 1 saturated heterocycles. The minimum Gasteiger partial charge on any atom is -0.390 e. The van der Waals surface area contributed by atoms with E-state index in [0.717, 1.165) is 38.5 Å². The van der Waals surface area contributed by atoms with Gasteiger partial charge in [0.25, 0.3) is 0 Å². The van der Waals surface area contributed by atoms with Gasteiger partial charge in [0.2, 0.25) is 0 Å². The zero-order chi connectivity index (χ0) is 18.8. The van der Waals surface area contributed by atoms with Crippen molar-refractivity contribution in [2.24, 2.45) is 34.5 Å². The normalized spacial score (nSPS) is 63.2.